The van der Waals surface area contributed by atoms with Crippen LogP contribution in [0.4, 0.5) is 5.00 Å². The third kappa shape index (κ3) is 5.09. The van der Waals surface area contributed by atoms with E-state index in [0.717, 1.165) is 56.3 Å². The van der Waals surface area contributed by atoms with E-state index in [2.05, 4.69) is 22.3 Å². The lowest BCUT2D eigenvalue weighted by Gasteiger charge is -2.24. The van der Waals surface area contributed by atoms with E-state index < -0.39 is 5.91 Å². The fourth-order valence-electron chi connectivity index (χ4n) is 4.39. The molecule has 1 aromatic heterocycles. The van der Waals surface area contributed by atoms with E-state index in [4.69, 9.17) is 10.5 Å². The van der Waals surface area contributed by atoms with Gasteiger partial charge < -0.3 is 15.8 Å². The van der Waals surface area contributed by atoms with Gasteiger partial charge in [0.25, 0.3) is 5.91 Å². The molecular weight excluding hydrogens is 398 g/mol. The summed E-state index contributed by atoms with van der Waals surface area (Å²) in [5, 5.41) is 3.59. The van der Waals surface area contributed by atoms with Crippen molar-refractivity contribution in [3.63, 3.8) is 0 Å². The Morgan fingerprint density at radius 2 is 1.97 bits per heavy atom. The summed E-state index contributed by atoms with van der Waals surface area (Å²) >= 11 is 1.51. The number of carbonyl (C=O) groups excluding carboxylic acids is 2. The minimum absolute atomic E-state index is 0.120. The largest absolute Gasteiger partial charge is 0.377 e. The van der Waals surface area contributed by atoms with Gasteiger partial charge in [-0.2, -0.15) is 0 Å². The van der Waals surface area contributed by atoms with Crippen LogP contribution >= 0.6 is 11.3 Å². The van der Waals surface area contributed by atoms with Crippen molar-refractivity contribution in [1.82, 2.24) is 4.90 Å². The molecule has 1 aromatic carbocycles. The minimum atomic E-state index is -0.454. The summed E-state index contributed by atoms with van der Waals surface area (Å²) in [4.78, 5) is 28.3. The van der Waals surface area contributed by atoms with Crippen LogP contribution in [0.1, 0.15) is 52.0 Å². The molecule has 0 spiro atoms. The second kappa shape index (κ2) is 9.73. The highest BCUT2D eigenvalue weighted by Gasteiger charge is 2.26. The maximum absolute atomic E-state index is 12.9. The van der Waals surface area contributed by atoms with E-state index in [1.165, 1.54) is 16.2 Å². The van der Waals surface area contributed by atoms with Crippen LogP contribution in [0, 0.1) is 0 Å². The normalized spacial score (nSPS) is 18.4. The Bertz CT molecular complexity index is 891. The highest BCUT2D eigenvalue weighted by Crippen LogP contribution is 2.37. The van der Waals surface area contributed by atoms with Crippen LogP contribution in [-0.2, 0) is 28.9 Å². The Morgan fingerprint density at radius 1 is 1.17 bits per heavy atom. The fourth-order valence-corrected chi connectivity index (χ4v) is 5.70. The molecule has 0 radical (unpaired) electrons. The molecule has 2 amide bonds. The Labute approximate surface area is 181 Å². The summed E-state index contributed by atoms with van der Waals surface area (Å²) in [6, 6.07) is 10.1. The van der Waals surface area contributed by atoms with Crippen LogP contribution in [0.2, 0.25) is 0 Å². The molecule has 2 heterocycles. The molecule has 2 aromatic rings. The highest BCUT2D eigenvalue weighted by molar-refractivity contribution is 7.17. The van der Waals surface area contributed by atoms with Crippen molar-refractivity contribution in [2.45, 2.75) is 51.2 Å². The van der Waals surface area contributed by atoms with E-state index in [0.29, 0.717) is 23.7 Å². The molecule has 30 heavy (non-hydrogen) atoms. The number of hydrogen-bond acceptors (Lipinski definition) is 5. The van der Waals surface area contributed by atoms with Gasteiger partial charge in [-0.3, -0.25) is 14.5 Å². The molecule has 1 atom stereocenters. The summed E-state index contributed by atoms with van der Waals surface area (Å²) in [5.74, 6) is -0.574. The summed E-state index contributed by atoms with van der Waals surface area (Å²) in [6.45, 7) is 2.43. The second-order valence-electron chi connectivity index (χ2n) is 8.12. The van der Waals surface area contributed by atoms with Crippen LogP contribution in [-0.4, -0.2) is 42.5 Å². The highest BCUT2D eigenvalue weighted by atomic mass is 32.1. The predicted molar refractivity (Wildman–Crippen MR) is 119 cm³/mol. The van der Waals surface area contributed by atoms with Crippen molar-refractivity contribution in [2.24, 2.45) is 5.73 Å². The Balaban J connectivity index is 1.47. The van der Waals surface area contributed by atoms with Crippen molar-refractivity contribution in [3.8, 4) is 0 Å². The number of fused-ring (bicyclic) bond motifs is 1. The lowest BCUT2D eigenvalue weighted by Crippen LogP contribution is -2.38. The van der Waals surface area contributed by atoms with Crippen LogP contribution < -0.4 is 11.1 Å². The van der Waals surface area contributed by atoms with Gasteiger partial charge >= 0.3 is 0 Å². The SMILES string of the molecule is NC(=O)c1c(NC(=O)CN(Cc2ccccc2)CC2CCCO2)sc2c1CCCC2. The lowest BCUT2D eigenvalue weighted by molar-refractivity contribution is -0.117. The standard InChI is InChI=1S/C23H29N3O3S/c24-22(28)21-18-10-4-5-11-19(18)30-23(21)25-20(27)15-26(14-17-9-6-12-29-17)13-16-7-2-1-3-8-16/h1-3,7-8,17H,4-6,9-15H2,(H2,24,28)(H,25,27). The van der Waals surface area contributed by atoms with E-state index >= 15 is 0 Å². The zero-order valence-electron chi connectivity index (χ0n) is 17.2. The maximum Gasteiger partial charge on any atom is 0.251 e. The Morgan fingerprint density at radius 3 is 2.70 bits per heavy atom. The average molecular weight is 428 g/mol. The molecule has 0 bridgehead atoms. The van der Waals surface area contributed by atoms with Gasteiger partial charge in [0.15, 0.2) is 0 Å². The Kier molecular flexibility index (Phi) is 6.82. The van der Waals surface area contributed by atoms with Gasteiger partial charge in [-0.25, -0.2) is 0 Å². The zero-order chi connectivity index (χ0) is 20.9. The Hall–Kier alpha value is -2.22. The first-order valence-corrected chi connectivity index (χ1v) is 11.5. The number of primary amides is 1. The molecule has 1 aliphatic heterocycles. The van der Waals surface area contributed by atoms with Crippen molar-refractivity contribution >= 4 is 28.2 Å². The number of carbonyl (C=O) groups is 2. The van der Waals surface area contributed by atoms with E-state index in [1.807, 2.05) is 18.2 Å². The average Bonchev–Trinajstić information content (AvgIpc) is 3.35. The molecule has 0 saturated carbocycles. The maximum atomic E-state index is 12.9. The predicted octanol–water partition coefficient (Wildman–Crippen LogP) is 3.35. The quantitative estimate of drug-likeness (QED) is 0.677. The molecule has 1 unspecified atom stereocenters. The number of nitrogens with one attached hydrogen (secondary N) is 1. The van der Waals surface area contributed by atoms with Crippen molar-refractivity contribution in [3.05, 3.63) is 51.9 Å². The first-order valence-electron chi connectivity index (χ1n) is 10.7. The smallest absolute Gasteiger partial charge is 0.251 e. The van der Waals surface area contributed by atoms with Gasteiger partial charge in [-0.15, -0.1) is 11.3 Å². The van der Waals surface area contributed by atoms with Crippen molar-refractivity contribution < 1.29 is 14.3 Å². The first kappa shape index (κ1) is 21.0. The summed E-state index contributed by atoms with van der Waals surface area (Å²) in [5.41, 5.74) is 8.37. The monoisotopic (exact) mass is 427 g/mol. The number of hydrogen-bond donors (Lipinski definition) is 2. The van der Waals surface area contributed by atoms with E-state index in [9.17, 15) is 9.59 Å². The first-order chi connectivity index (χ1) is 14.6. The van der Waals surface area contributed by atoms with Crippen LogP contribution in [0.25, 0.3) is 0 Å². The molecule has 3 N–H and O–H groups in total. The topological polar surface area (TPSA) is 84.7 Å². The molecule has 4 rings (SSSR count). The van der Waals surface area contributed by atoms with E-state index in [-0.39, 0.29) is 18.6 Å². The van der Waals surface area contributed by atoms with E-state index in [1.54, 1.807) is 0 Å². The van der Waals surface area contributed by atoms with Gasteiger partial charge in [0, 0.05) is 24.6 Å². The third-order valence-electron chi connectivity index (χ3n) is 5.77. The van der Waals surface area contributed by atoms with Gasteiger partial charge in [-0.1, -0.05) is 30.3 Å². The molecular formula is C23H29N3O3S. The second-order valence-corrected chi connectivity index (χ2v) is 9.22. The number of benzene rings is 1. The van der Waals surface area contributed by atoms with Gasteiger partial charge in [0.05, 0.1) is 18.2 Å². The number of anilines is 1. The number of nitrogens with zero attached hydrogens (tertiary/aromatic N) is 1. The van der Waals surface area contributed by atoms with Crippen LogP contribution in [0.15, 0.2) is 30.3 Å². The number of thiophene rings is 1. The molecule has 2 aliphatic rings. The summed E-state index contributed by atoms with van der Waals surface area (Å²) in [7, 11) is 0. The molecule has 6 nitrogen and oxygen atoms in total. The molecule has 1 fully saturated rings. The fraction of sp³-hybridized carbons (Fsp3) is 0.478. The number of rotatable bonds is 8. The zero-order valence-corrected chi connectivity index (χ0v) is 18.0. The van der Waals surface area contributed by atoms with Crippen molar-refractivity contribution in [2.75, 3.05) is 25.0 Å². The summed E-state index contributed by atoms with van der Waals surface area (Å²) < 4.78 is 5.79. The number of ether oxygens (including phenoxy) is 1. The molecule has 1 aliphatic carbocycles. The van der Waals surface area contributed by atoms with Crippen molar-refractivity contribution in [1.29, 1.82) is 0 Å². The molecule has 7 heteroatoms. The molecule has 1 saturated heterocycles. The third-order valence-corrected chi connectivity index (χ3v) is 6.98. The number of amides is 2. The lowest BCUT2D eigenvalue weighted by atomic mass is 9.95. The van der Waals surface area contributed by atoms with Gasteiger partial charge in [0.1, 0.15) is 5.00 Å². The molecule has 160 valence electrons. The van der Waals surface area contributed by atoms with Crippen LogP contribution in [0.3, 0.4) is 0 Å². The number of nitrogens with two attached hydrogens (primary N) is 1. The number of aryl methyl sites for hydroxylation is 1. The van der Waals surface area contributed by atoms with Gasteiger partial charge in [0.2, 0.25) is 5.91 Å². The minimum Gasteiger partial charge on any atom is -0.377 e. The summed E-state index contributed by atoms with van der Waals surface area (Å²) in [6.07, 6.45) is 6.25. The van der Waals surface area contributed by atoms with Gasteiger partial charge in [-0.05, 0) is 49.7 Å². The van der Waals surface area contributed by atoms with Crippen LogP contribution in [0.5, 0.6) is 0 Å².